The molecule has 0 bridgehead atoms. The number of nitrogens with zero attached hydrogens (tertiary/aromatic N) is 1. The first-order valence-corrected chi connectivity index (χ1v) is 13.1. The summed E-state index contributed by atoms with van der Waals surface area (Å²) >= 11 is 1.46. The molecule has 1 fully saturated rings. The maximum absolute atomic E-state index is 13.1. The van der Waals surface area contributed by atoms with E-state index in [9.17, 15) is 13.2 Å². The number of piperidine rings is 1. The first kappa shape index (κ1) is 22.8. The Hall–Kier alpha value is -1.83. The molecule has 0 aliphatic carbocycles. The van der Waals surface area contributed by atoms with Crippen molar-refractivity contribution >= 4 is 27.7 Å². The number of hydrogen-bond donors (Lipinski definition) is 1. The quantitative estimate of drug-likeness (QED) is 0.630. The summed E-state index contributed by atoms with van der Waals surface area (Å²) in [6, 6.07) is 12.4. The van der Waals surface area contributed by atoms with Crippen molar-refractivity contribution in [2.24, 2.45) is 0 Å². The summed E-state index contributed by atoms with van der Waals surface area (Å²) in [4.78, 5) is 15.8. The summed E-state index contributed by atoms with van der Waals surface area (Å²) in [5.41, 5.74) is 2.58. The van der Waals surface area contributed by atoms with Crippen LogP contribution in [0.1, 0.15) is 60.6 Å². The van der Waals surface area contributed by atoms with Crippen molar-refractivity contribution in [1.82, 2.24) is 9.62 Å². The van der Waals surface area contributed by atoms with E-state index in [0.717, 1.165) is 49.2 Å². The Labute approximate surface area is 184 Å². The molecule has 162 valence electrons. The van der Waals surface area contributed by atoms with Gasteiger partial charge in [0.15, 0.2) is 0 Å². The van der Waals surface area contributed by atoms with Crippen LogP contribution in [0, 0.1) is 0 Å². The van der Waals surface area contributed by atoms with Gasteiger partial charge in [0, 0.05) is 24.0 Å². The summed E-state index contributed by atoms with van der Waals surface area (Å²) in [5, 5.41) is 0. The van der Waals surface area contributed by atoms with E-state index in [2.05, 4.69) is 11.6 Å². The highest BCUT2D eigenvalue weighted by Gasteiger charge is 2.25. The SMILES string of the molecule is CCc1ccc(C(C)NS(=O)(=O)c2ccc(SC)c(C(=O)N3CCCCC3)c2)cc1. The van der Waals surface area contributed by atoms with E-state index in [1.165, 1.54) is 23.4 Å². The molecule has 0 saturated carbocycles. The van der Waals surface area contributed by atoms with Gasteiger partial charge in [-0.15, -0.1) is 11.8 Å². The third-order valence-electron chi connectivity index (χ3n) is 5.57. The Balaban J connectivity index is 1.84. The van der Waals surface area contributed by atoms with Gasteiger partial charge in [0.25, 0.3) is 5.91 Å². The molecule has 1 atom stereocenters. The van der Waals surface area contributed by atoms with E-state index < -0.39 is 10.0 Å². The number of benzene rings is 2. The van der Waals surface area contributed by atoms with Crippen molar-refractivity contribution in [3.63, 3.8) is 0 Å². The van der Waals surface area contributed by atoms with E-state index >= 15 is 0 Å². The van der Waals surface area contributed by atoms with Gasteiger partial charge in [-0.05, 0) is 68.2 Å². The number of sulfonamides is 1. The van der Waals surface area contributed by atoms with E-state index in [1.807, 2.05) is 42.3 Å². The van der Waals surface area contributed by atoms with E-state index in [1.54, 1.807) is 12.1 Å². The molecule has 5 nitrogen and oxygen atoms in total. The molecule has 3 rings (SSSR count). The zero-order valence-electron chi connectivity index (χ0n) is 17.8. The van der Waals surface area contributed by atoms with Gasteiger partial charge in [0.2, 0.25) is 10.0 Å². The van der Waals surface area contributed by atoms with Crippen LogP contribution in [-0.2, 0) is 16.4 Å². The summed E-state index contributed by atoms with van der Waals surface area (Å²) < 4.78 is 28.8. The molecular weight excluding hydrogens is 416 g/mol. The number of rotatable bonds is 7. The van der Waals surface area contributed by atoms with Crippen LogP contribution in [0.5, 0.6) is 0 Å². The minimum absolute atomic E-state index is 0.0840. The zero-order chi connectivity index (χ0) is 21.7. The van der Waals surface area contributed by atoms with Crippen molar-refractivity contribution in [2.75, 3.05) is 19.3 Å². The molecule has 1 unspecified atom stereocenters. The van der Waals surface area contributed by atoms with Crippen LogP contribution in [-0.4, -0.2) is 38.6 Å². The number of amides is 1. The number of thioether (sulfide) groups is 1. The minimum Gasteiger partial charge on any atom is -0.339 e. The van der Waals surface area contributed by atoms with Gasteiger partial charge in [0.05, 0.1) is 10.5 Å². The van der Waals surface area contributed by atoms with Crippen molar-refractivity contribution in [1.29, 1.82) is 0 Å². The van der Waals surface area contributed by atoms with Gasteiger partial charge < -0.3 is 4.90 Å². The lowest BCUT2D eigenvalue weighted by Crippen LogP contribution is -2.36. The molecule has 2 aromatic carbocycles. The standard InChI is InChI=1S/C23H30N2O3S2/c1-4-18-8-10-19(11-9-18)17(2)24-30(27,28)20-12-13-22(29-3)21(16-20)23(26)25-14-6-5-7-15-25/h8-13,16-17,24H,4-7,14-15H2,1-3H3. The molecule has 0 aromatic heterocycles. The van der Waals surface area contributed by atoms with Crippen molar-refractivity contribution in [3.8, 4) is 0 Å². The number of likely N-dealkylation sites (tertiary alicyclic amines) is 1. The minimum atomic E-state index is -3.77. The van der Waals surface area contributed by atoms with Gasteiger partial charge in [-0.2, -0.15) is 0 Å². The Bertz CT molecular complexity index is 982. The van der Waals surface area contributed by atoms with Crippen molar-refractivity contribution in [2.45, 2.75) is 55.4 Å². The lowest BCUT2D eigenvalue weighted by atomic mass is 10.1. The first-order chi connectivity index (χ1) is 14.4. The van der Waals surface area contributed by atoms with Gasteiger partial charge in [-0.3, -0.25) is 4.79 Å². The first-order valence-electron chi connectivity index (χ1n) is 10.4. The largest absolute Gasteiger partial charge is 0.339 e. The van der Waals surface area contributed by atoms with Gasteiger partial charge >= 0.3 is 0 Å². The molecule has 0 spiro atoms. The predicted molar refractivity (Wildman–Crippen MR) is 123 cm³/mol. The third kappa shape index (κ3) is 5.25. The molecule has 30 heavy (non-hydrogen) atoms. The number of hydrogen-bond acceptors (Lipinski definition) is 4. The zero-order valence-corrected chi connectivity index (χ0v) is 19.5. The summed E-state index contributed by atoms with van der Waals surface area (Å²) in [6.45, 7) is 5.37. The molecule has 1 saturated heterocycles. The second-order valence-electron chi connectivity index (χ2n) is 7.65. The average Bonchev–Trinajstić information content (AvgIpc) is 2.78. The van der Waals surface area contributed by atoms with E-state index in [4.69, 9.17) is 0 Å². The normalized spacial score (nSPS) is 15.8. The number of carbonyl (C=O) groups is 1. The summed E-state index contributed by atoms with van der Waals surface area (Å²) in [5.74, 6) is -0.0840. The van der Waals surface area contributed by atoms with Crippen LogP contribution in [0.3, 0.4) is 0 Å². The lowest BCUT2D eigenvalue weighted by Gasteiger charge is -2.27. The van der Waals surface area contributed by atoms with Crippen LogP contribution >= 0.6 is 11.8 Å². The molecule has 1 aliphatic rings. The van der Waals surface area contributed by atoms with Crippen LogP contribution in [0.15, 0.2) is 52.3 Å². The Morgan fingerprint density at radius 3 is 2.37 bits per heavy atom. The summed E-state index contributed by atoms with van der Waals surface area (Å²) in [7, 11) is -3.77. The fourth-order valence-electron chi connectivity index (χ4n) is 3.70. The van der Waals surface area contributed by atoms with Crippen LogP contribution in [0.4, 0.5) is 0 Å². The maximum atomic E-state index is 13.1. The molecular formula is C23H30N2O3S2. The molecule has 1 aliphatic heterocycles. The Morgan fingerprint density at radius 1 is 1.10 bits per heavy atom. The summed E-state index contributed by atoms with van der Waals surface area (Å²) in [6.07, 6.45) is 5.96. The van der Waals surface area contributed by atoms with E-state index in [-0.39, 0.29) is 16.8 Å². The van der Waals surface area contributed by atoms with Gasteiger partial charge in [-0.25, -0.2) is 13.1 Å². The highest BCUT2D eigenvalue weighted by Crippen LogP contribution is 2.27. The monoisotopic (exact) mass is 446 g/mol. The van der Waals surface area contributed by atoms with Crippen molar-refractivity contribution < 1.29 is 13.2 Å². The highest BCUT2D eigenvalue weighted by atomic mass is 32.2. The number of nitrogens with one attached hydrogen (secondary N) is 1. The van der Waals surface area contributed by atoms with Gasteiger partial charge in [0.1, 0.15) is 0 Å². The van der Waals surface area contributed by atoms with Crippen molar-refractivity contribution in [3.05, 3.63) is 59.2 Å². The average molecular weight is 447 g/mol. The molecule has 0 radical (unpaired) electrons. The molecule has 1 heterocycles. The van der Waals surface area contributed by atoms with Crippen LogP contribution in [0.2, 0.25) is 0 Å². The van der Waals surface area contributed by atoms with E-state index in [0.29, 0.717) is 5.56 Å². The lowest BCUT2D eigenvalue weighted by molar-refractivity contribution is 0.0720. The third-order valence-corrected chi connectivity index (χ3v) is 7.91. The molecule has 2 aromatic rings. The fourth-order valence-corrected chi connectivity index (χ4v) is 5.53. The van der Waals surface area contributed by atoms with Crippen LogP contribution < -0.4 is 4.72 Å². The number of aryl methyl sites for hydroxylation is 1. The number of carbonyl (C=O) groups excluding carboxylic acids is 1. The topological polar surface area (TPSA) is 66.5 Å². The Kier molecular flexibility index (Phi) is 7.60. The van der Waals surface area contributed by atoms with Crippen LogP contribution in [0.25, 0.3) is 0 Å². The molecule has 1 amide bonds. The Morgan fingerprint density at radius 2 is 1.77 bits per heavy atom. The molecule has 1 N–H and O–H groups in total. The fraction of sp³-hybridized carbons (Fsp3) is 0.435. The second kappa shape index (κ2) is 9.98. The maximum Gasteiger partial charge on any atom is 0.255 e. The smallest absolute Gasteiger partial charge is 0.255 e. The molecule has 7 heteroatoms. The highest BCUT2D eigenvalue weighted by molar-refractivity contribution is 7.98. The van der Waals surface area contributed by atoms with Gasteiger partial charge in [-0.1, -0.05) is 31.2 Å². The second-order valence-corrected chi connectivity index (χ2v) is 10.2. The predicted octanol–water partition coefficient (Wildman–Crippen LogP) is 4.64.